The van der Waals surface area contributed by atoms with Crippen molar-refractivity contribution in [1.82, 2.24) is 4.90 Å². The van der Waals surface area contributed by atoms with Gasteiger partial charge in [-0.3, -0.25) is 9.59 Å². The van der Waals surface area contributed by atoms with Crippen LogP contribution >= 0.6 is 11.6 Å². The van der Waals surface area contributed by atoms with E-state index >= 15 is 0 Å². The number of hydrogen-bond donors (Lipinski definition) is 2. The highest BCUT2D eigenvalue weighted by molar-refractivity contribution is 6.46. The number of nitrogens with one attached hydrogen (secondary N) is 1. The fourth-order valence-corrected chi connectivity index (χ4v) is 3.51. The van der Waals surface area contributed by atoms with Gasteiger partial charge in [0.05, 0.1) is 50.7 Å². The number of Topliss-reactive ketones (excluding diaryl/α,β-unsaturated/α-hetero) is 1. The molecule has 0 saturated carbocycles. The summed E-state index contributed by atoms with van der Waals surface area (Å²) in [6, 6.07) is 7.30. The van der Waals surface area contributed by atoms with Crippen molar-refractivity contribution in [3.8, 4) is 5.75 Å². The number of benzene rings is 1. The topological polar surface area (TPSA) is 84.4 Å². The number of likely N-dealkylation sites (tertiary alicyclic amines) is 1. The molecule has 1 saturated heterocycles. The summed E-state index contributed by atoms with van der Waals surface area (Å²) in [5, 5.41) is 11.3. The van der Waals surface area contributed by atoms with Crippen LogP contribution in [-0.4, -0.2) is 55.5 Å². The molecule has 1 amide bonds. The molecule has 154 valence electrons. The summed E-state index contributed by atoms with van der Waals surface area (Å²) in [7, 11) is 3.92. The predicted molar refractivity (Wildman–Crippen MR) is 108 cm³/mol. The van der Waals surface area contributed by atoms with Crippen LogP contribution in [0.5, 0.6) is 5.75 Å². The Morgan fingerprint density at radius 1 is 1.31 bits per heavy atom. The third-order valence-corrected chi connectivity index (χ3v) is 5.01. The number of quaternary nitrogens is 1. The molecule has 1 aromatic heterocycles. The van der Waals surface area contributed by atoms with Gasteiger partial charge in [-0.1, -0.05) is 11.6 Å². The third-order valence-electron chi connectivity index (χ3n) is 4.71. The van der Waals surface area contributed by atoms with Crippen LogP contribution in [0.25, 0.3) is 5.76 Å². The number of halogens is 1. The van der Waals surface area contributed by atoms with Gasteiger partial charge < -0.3 is 24.1 Å². The number of hydrogen-bond acceptors (Lipinski definition) is 5. The van der Waals surface area contributed by atoms with E-state index in [-0.39, 0.29) is 11.3 Å². The Kier molecular flexibility index (Phi) is 6.30. The van der Waals surface area contributed by atoms with Crippen LogP contribution in [0.2, 0.25) is 5.02 Å². The van der Waals surface area contributed by atoms with Crippen LogP contribution in [0.1, 0.15) is 24.3 Å². The molecule has 0 aliphatic carbocycles. The van der Waals surface area contributed by atoms with Crippen LogP contribution < -0.4 is 9.64 Å². The van der Waals surface area contributed by atoms with Gasteiger partial charge in [-0.05, 0) is 37.3 Å². The first kappa shape index (κ1) is 21.0. The lowest BCUT2D eigenvalue weighted by Gasteiger charge is -2.23. The minimum atomic E-state index is -0.797. The molecule has 2 N–H and O–H groups in total. The number of carbonyl (C=O) groups is 2. The molecule has 1 fully saturated rings. The minimum Gasteiger partial charge on any atom is -0.507 e. The number of furan rings is 1. The van der Waals surface area contributed by atoms with Gasteiger partial charge in [-0.25, -0.2) is 0 Å². The smallest absolute Gasteiger partial charge is 0.295 e. The monoisotopic (exact) mass is 419 g/mol. The van der Waals surface area contributed by atoms with Crippen molar-refractivity contribution in [3.63, 3.8) is 0 Å². The molecule has 29 heavy (non-hydrogen) atoms. The molecule has 2 heterocycles. The van der Waals surface area contributed by atoms with Crippen molar-refractivity contribution in [2.75, 3.05) is 33.8 Å². The summed E-state index contributed by atoms with van der Waals surface area (Å²) in [4.78, 5) is 28.1. The number of nitrogens with zero attached hydrogens (tertiary/aromatic N) is 1. The highest BCUT2D eigenvalue weighted by atomic mass is 35.5. The van der Waals surface area contributed by atoms with Crippen LogP contribution in [-0.2, 0) is 9.59 Å². The molecule has 1 aliphatic heterocycles. The zero-order valence-corrected chi connectivity index (χ0v) is 17.3. The van der Waals surface area contributed by atoms with Crippen molar-refractivity contribution in [2.45, 2.75) is 13.0 Å². The third kappa shape index (κ3) is 4.16. The fraction of sp³-hybridized carbons (Fsp3) is 0.333. The average Bonchev–Trinajstić information content (AvgIpc) is 3.29. The molecule has 0 spiro atoms. The number of ether oxygens (including phenoxy) is 1. The molecule has 1 aromatic carbocycles. The molecule has 7 nitrogen and oxygen atoms in total. The maximum absolute atomic E-state index is 12.8. The summed E-state index contributed by atoms with van der Waals surface area (Å²) in [5.41, 5.74) is 0.310. The maximum atomic E-state index is 12.8. The van der Waals surface area contributed by atoms with Gasteiger partial charge >= 0.3 is 0 Å². The lowest BCUT2D eigenvalue weighted by atomic mass is 9.99. The summed E-state index contributed by atoms with van der Waals surface area (Å²) >= 11 is 6.23. The normalized spacial score (nSPS) is 18.7. The van der Waals surface area contributed by atoms with E-state index in [2.05, 4.69) is 0 Å². The van der Waals surface area contributed by atoms with Crippen molar-refractivity contribution in [1.29, 1.82) is 0 Å². The summed E-state index contributed by atoms with van der Waals surface area (Å²) < 4.78 is 10.9. The minimum absolute atomic E-state index is 0.0149. The lowest BCUT2D eigenvalue weighted by molar-refractivity contribution is -0.857. The number of aliphatic hydroxyl groups is 1. The summed E-state index contributed by atoms with van der Waals surface area (Å²) in [6.07, 6.45) is 1.47. The van der Waals surface area contributed by atoms with Gasteiger partial charge in [0.25, 0.3) is 11.7 Å². The van der Waals surface area contributed by atoms with Gasteiger partial charge in [0.1, 0.15) is 23.3 Å². The highest BCUT2D eigenvalue weighted by Crippen LogP contribution is 2.40. The molecule has 1 aliphatic rings. The Hall–Kier alpha value is -2.77. The van der Waals surface area contributed by atoms with E-state index in [0.29, 0.717) is 41.8 Å². The zero-order valence-electron chi connectivity index (χ0n) is 16.6. The van der Waals surface area contributed by atoms with E-state index in [1.807, 2.05) is 21.0 Å². The van der Waals surface area contributed by atoms with Gasteiger partial charge in [0.15, 0.2) is 0 Å². The Morgan fingerprint density at radius 3 is 2.66 bits per heavy atom. The molecule has 2 aromatic rings. The fourth-order valence-electron chi connectivity index (χ4n) is 3.27. The molecule has 0 radical (unpaired) electrons. The summed E-state index contributed by atoms with van der Waals surface area (Å²) in [5.74, 6) is -0.817. The standard InChI is InChI=1S/C21H23ClN2O5/c1-4-28-15-8-7-13(12-14(15)22)19(25)17-18(16-6-5-11-29-16)24(10-9-23(2)3)21(27)20(17)26/h5-8,11-12,18,25H,4,9-10H2,1-3H3/p+1/t18-/m1/s1. The van der Waals surface area contributed by atoms with Gasteiger partial charge in [-0.15, -0.1) is 0 Å². The summed E-state index contributed by atoms with van der Waals surface area (Å²) in [6.45, 7) is 3.27. The van der Waals surface area contributed by atoms with E-state index in [4.69, 9.17) is 20.8 Å². The molecule has 8 heteroatoms. The van der Waals surface area contributed by atoms with Crippen LogP contribution in [0.3, 0.4) is 0 Å². The second-order valence-electron chi connectivity index (χ2n) is 7.04. The van der Waals surface area contributed by atoms with Crippen molar-refractivity contribution in [2.24, 2.45) is 0 Å². The predicted octanol–water partition coefficient (Wildman–Crippen LogP) is 1.90. The second kappa shape index (κ2) is 8.71. The molecule has 0 unspecified atom stereocenters. The molecular weight excluding hydrogens is 396 g/mol. The zero-order chi connectivity index (χ0) is 21.1. The van der Waals surface area contributed by atoms with Crippen LogP contribution in [0.4, 0.5) is 0 Å². The largest absolute Gasteiger partial charge is 0.507 e. The van der Waals surface area contributed by atoms with E-state index in [1.54, 1.807) is 24.3 Å². The van der Waals surface area contributed by atoms with Gasteiger partial charge in [0.2, 0.25) is 0 Å². The molecular formula is C21H24ClN2O5+. The number of likely N-dealkylation sites (N-methyl/N-ethyl adjacent to an activating group) is 1. The average molecular weight is 420 g/mol. The second-order valence-corrected chi connectivity index (χ2v) is 7.45. The highest BCUT2D eigenvalue weighted by Gasteiger charge is 2.47. The Labute approximate surface area is 174 Å². The van der Waals surface area contributed by atoms with Crippen LogP contribution in [0, 0.1) is 0 Å². The van der Waals surface area contributed by atoms with E-state index in [0.717, 1.165) is 4.90 Å². The lowest BCUT2D eigenvalue weighted by Crippen LogP contribution is -3.06. The van der Waals surface area contributed by atoms with E-state index in [1.165, 1.54) is 17.2 Å². The SMILES string of the molecule is CCOc1ccc(C(O)=C2C(=O)C(=O)N(CC[NH+](C)C)[C@@H]2c2ccco2)cc1Cl. The number of ketones is 1. The number of carbonyl (C=O) groups excluding carboxylic acids is 2. The quantitative estimate of drug-likeness (QED) is 0.407. The van der Waals surface area contributed by atoms with Gasteiger partial charge in [-0.2, -0.15) is 0 Å². The molecule has 1 atom stereocenters. The van der Waals surface area contributed by atoms with E-state index in [9.17, 15) is 14.7 Å². The first-order valence-corrected chi connectivity index (χ1v) is 9.76. The molecule has 0 bridgehead atoms. The Bertz CT molecular complexity index is 937. The van der Waals surface area contributed by atoms with Crippen molar-refractivity contribution < 1.29 is 28.7 Å². The van der Waals surface area contributed by atoms with Gasteiger partial charge in [0, 0.05) is 5.56 Å². The first-order valence-electron chi connectivity index (χ1n) is 9.38. The van der Waals surface area contributed by atoms with Crippen LogP contribution in [0.15, 0.2) is 46.6 Å². The number of rotatable bonds is 7. The Morgan fingerprint density at radius 2 is 2.07 bits per heavy atom. The maximum Gasteiger partial charge on any atom is 0.295 e. The Balaban J connectivity index is 2.08. The first-order chi connectivity index (χ1) is 13.8. The number of amides is 1. The number of aliphatic hydroxyl groups excluding tert-OH is 1. The molecule has 3 rings (SSSR count). The van der Waals surface area contributed by atoms with Crippen molar-refractivity contribution in [3.05, 3.63) is 58.5 Å². The van der Waals surface area contributed by atoms with E-state index < -0.39 is 17.7 Å². The van der Waals surface area contributed by atoms with Crippen molar-refractivity contribution >= 4 is 29.1 Å².